The smallest absolute Gasteiger partial charge is 0.161 e. The van der Waals surface area contributed by atoms with Crippen LogP contribution in [0, 0.1) is 0 Å². The molecule has 0 fully saturated rings. The van der Waals surface area contributed by atoms with Gasteiger partial charge in [-0.1, -0.05) is 65.3 Å². The largest absolute Gasteiger partial charge is 0.255 e. The summed E-state index contributed by atoms with van der Waals surface area (Å²) in [6.07, 6.45) is 1.85. The molecule has 0 bridgehead atoms. The first-order chi connectivity index (χ1) is 12.5. The van der Waals surface area contributed by atoms with E-state index in [0.29, 0.717) is 0 Å². The van der Waals surface area contributed by atoms with Crippen LogP contribution in [0.2, 0.25) is 5.02 Å². The maximum absolute atomic E-state index is 5.97. The zero-order valence-corrected chi connectivity index (χ0v) is 17.6. The lowest BCUT2D eigenvalue weighted by molar-refractivity contribution is 0.539. The molecule has 0 amide bonds. The number of rotatable bonds is 2. The highest BCUT2D eigenvalue weighted by Gasteiger charge is 2.23. The van der Waals surface area contributed by atoms with Gasteiger partial charge in [0.1, 0.15) is 0 Å². The average Bonchev–Trinajstić information content (AvgIpc) is 2.61. The Bertz CT molecular complexity index is 899. The standard InChI is InChI=1S/C23H26ClN3/c1-22(2,3)19-13-20(23(4,5)6)27-21(26-19)16-9-12-18(25-14-16)15-7-10-17(24)11-8-15/h7-14H,1-6H3. The first kappa shape index (κ1) is 19.5. The normalized spacial score (nSPS) is 12.3. The molecule has 0 aliphatic heterocycles. The lowest BCUT2D eigenvalue weighted by Gasteiger charge is -2.24. The maximum atomic E-state index is 5.97. The van der Waals surface area contributed by atoms with Gasteiger partial charge in [0.15, 0.2) is 5.82 Å². The number of nitrogens with zero attached hydrogens (tertiary/aromatic N) is 3. The molecule has 0 saturated heterocycles. The Morgan fingerprint density at radius 1 is 0.704 bits per heavy atom. The van der Waals surface area contributed by atoms with Gasteiger partial charge in [-0.25, -0.2) is 9.97 Å². The third-order valence-electron chi connectivity index (χ3n) is 4.42. The Morgan fingerprint density at radius 2 is 1.22 bits per heavy atom. The summed E-state index contributed by atoms with van der Waals surface area (Å²) in [5, 5.41) is 0.720. The number of benzene rings is 1. The molecule has 4 heteroatoms. The second kappa shape index (κ2) is 7.05. The van der Waals surface area contributed by atoms with Gasteiger partial charge in [-0.15, -0.1) is 0 Å². The van der Waals surface area contributed by atoms with Crippen molar-refractivity contribution in [3.63, 3.8) is 0 Å². The van der Waals surface area contributed by atoms with E-state index < -0.39 is 0 Å². The molecule has 0 N–H and O–H groups in total. The van der Waals surface area contributed by atoms with Crippen molar-refractivity contribution in [2.75, 3.05) is 0 Å². The fraction of sp³-hybridized carbons (Fsp3) is 0.348. The molecule has 0 spiro atoms. The summed E-state index contributed by atoms with van der Waals surface area (Å²) in [6, 6.07) is 13.8. The number of pyridine rings is 1. The van der Waals surface area contributed by atoms with Crippen LogP contribution >= 0.6 is 11.6 Å². The molecular weight excluding hydrogens is 354 g/mol. The van der Waals surface area contributed by atoms with Crippen LogP contribution in [0.1, 0.15) is 52.9 Å². The monoisotopic (exact) mass is 379 g/mol. The van der Waals surface area contributed by atoms with E-state index in [2.05, 4.69) is 52.6 Å². The van der Waals surface area contributed by atoms with Gasteiger partial charge in [0, 0.05) is 33.2 Å². The number of aromatic nitrogens is 3. The lowest BCUT2D eigenvalue weighted by Crippen LogP contribution is -2.20. The molecule has 0 aliphatic carbocycles. The van der Waals surface area contributed by atoms with E-state index in [4.69, 9.17) is 21.6 Å². The van der Waals surface area contributed by atoms with E-state index in [9.17, 15) is 0 Å². The first-order valence-electron chi connectivity index (χ1n) is 9.16. The quantitative estimate of drug-likeness (QED) is 0.513. The molecule has 0 aliphatic rings. The summed E-state index contributed by atoms with van der Waals surface area (Å²) in [7, 11) is 0. The minimum Gasteiger partial charge on any atom is -0.255 e. The molecule has 27 heavy (non-hydrogen) atoms. The molecule has 2 heterocycles. The Labute approximate surface area is 166 Å². The molecule has 140 valence electrons. The molecule has 0 atom stereocenters. The third-order valence-corrected chi connectivity index (χ3v) is 4.68. The minimum absolute atomic E-state index is 0.0473. The summed E-state index contributed by atoms with van der Waals surface area (Å²) in [5.74, 6) is 0.725. The molecule has 3 nitrogen and oxygen atoms in total. The zero-order chi connectivity index (χ0) is 19.8. The Kier molecular flexibility index (Phi) is 5.09. The molecule has 0 radical (unpaired) electrons. The molecule has 3 aromatic rings. The molecule has 1 aromatic carbocycles. The van der Waals surface area contributed by atoms with E-state index in [0.717, 1.165) is 39.1 Å². The third kappa shape index (κ3) is 4.54. The first-order valence-corrected chi connectivity index (χ1v) is 9.54. The summed E-state index contributed by atoms with van der Waals surface area (Å²) in [4.78, 5) is 14.3. The van der Waals surface area contributed by atoms with E-state index in [1.165, 1.54) is 0 Å². The van der Waals surface area contributed by atoms with Gasteiger partial charge in [0.05, 0.1) is 17.1 Å². The van der Waals surface area contributed by atoms with Crippen molar-refractivity contribution in [2.24, 2.45) is 0 Å². The predicted octanol–water partition coefficient (Wildman–Crippen LogP) is 6.45. The SMILES string of the molecule is CC(C)(C)c1cc(C(C)(C)C)nc(-c2ccc(-c3ccc(Cl)cc3)nc2)n1. The Balaban J connectivity index is 2.04. The number of halogens is 1. The van der Waals surface area contributed by atoms with Gasteiger partial charge in [-0.05, 0) is 30.3 Å². The van der Waals surface area contributed by atoms with Crippen LogP contribution in [0.4, 0.5) is 0 Å². The fourth-order valence-corrected chi connectivity index (χ4v) is 2.79. The van der Waals surface area contributed by atoms with E-state index in [-0.39, 0.29) is 10.8 Å². The van der Waals surface area contributed by atoms with Crippen molar-refractivity contribution in [2.45, 2.75) is 52.4 Å². The summed E-state index contributed by atoms with van der Waals surface area (Å²) >= 11 is 5.97. The molecule has 0 unspecified atom stereocenters. The molecular formula is C23H26ClN3. The van der Waals surface area contributed by atoms with Crippen molar-refractivity contribution >= 4 is 11.6 Å². The second-order valence-corrected chi connectivity index (χ2v) is 9.34. The van der Waals surface area contributed by atoms with Gasteiger partial charge in [-0.2, -0.15) is 0 Å². The Morgan fingerprint density at radius 3 is 1.67 bits per heavy atom. The van der Waals surface area contributed by atoms with Crippen molar-refractivity contribution in [1.29, 1.82) is 0 Å². The van der Waals surface area contributed by atoms with Crippen LogP contribution in [0.25, 0.3) is 22.6 Å². The van der Waals surface area contributed by atoms with Gasteiger partial charge < -0.3 is 0 Å². The van der Waals surface area contributed by atoms with Crippen LogP contribution in [0.5, 0.6) is 0 Å². The lowest BCUT2D eigenvalue weighted by atomic mass is 9.86. The number of hydrogen-bond acceptors (Lipinski definition) is 3. The van der Waals surface area contributed by atoms with Crippen molar-refractivity contribution < 1.29 is 0 Å². The zero-order valence-electron chi connectivity index (χ0n) is 16.8. The summed E-state index contributed by atoms with van der Waals surface area (Å²) in [5.41, 5.74) is 4.84. The highest BCUT2D eigenvalue weighted by Crippen LogP contribution is 2.29. The Hall–Kier alpha value is -2.26. The van der Waals surface area contributed by atoms with E-state index >= 15 is 0 Å². The predicted molar refractivity (Wildman–Crippen MR) is 113 cm³/mol. The van der Waals surface area contributed by atoms with Crippen molar-refractivity contribution in [3.05, 3.63) is 65.1 Å². The van der Waals surface area contributed by atoms with Gasteiger partial charge in [0.2, 0.25) is 0 Å². The number of hydrogen-bond donors (Lipinski definition) is 0. The van der Waals surface area contributed by atoms with Gasteiger partial charge >= 0.3 is 0 Å². The molecule has 3 rings (SSSR count). The van der Waals surface area contributed by atoms with Crippen molar-refractivity contribution in [1.82, 2.24) is 15.0 Å². The van der Waals surface area contributed by atoms with E-state index in [1.54, 1.807) is 0 Å². The van der Waals surface area contributed by atoms with Crippen molar-refractivity contribution in [3.8, 4) is 22.6 Å². The van der Waals surface area contributed by atoms with Crippen LogP contribution in [-0.2, 0) is 10.8 Å². The average molecular weight is 380 g/mol. The van der Waals surface area contributed by atoms with Crippen LogP contribution in [0.15, 0.2) is 48.7 Å². The minimum atomic E-state index is -0.0473. The van der Waals surface area contributed by atoms with Crippen LogP contribution < -0.4 is 0 Å². The summed E-state index contributed by atoms with van der Waals surface area (Å²) in [6.45, 7) is 13.0. The van der Waals surface area contributed by atoms with Gasteiger partial charge in [0.25, 0.3) is 0 Å². The maximum Gasteiger partial charge on any atom is 0.161 e. The summed E-state index contributed by atoms with van der Waals surface area (Å²) < 4.78 is 0. The van der Waals surface area contributed by atoms with Crippen LogP contribution in [0.3, 0.4) is 0 Å². The molecule has 2 aromatic heterocycles. The second-order valence-electron chi connectivity index (χ2n) is 8.90. The van der Waals surface area contributed by atoms with E-state index in [1.807, 2.05) is 42.6 Å². The van der Waals surface area contributed by atoms with Crippen LogP contribution in [-0.4, -0.2) is 15.0 Å². The highest BCUT2D eigenvalue weighted by atomic mass is 35.5. The topological polar surface area (TPSA) is 38.7 Å². The highest BCUT2D eigenvalue weighted by molar-refractivity contribution is 6.30. The van der Waals surface area contributed by atoms with Gasteiger partial charge in [-0.3, -0.25) is 4.98 Å². The molecule has 0 saturated carbocycles. The fourth-order valence-electron chi connectivity index (χ4n) is 2.66.